The number of aromatic hydroxyl groups is 2. The average molecular weight is 623 g/mol. The van der Waals surface area contributed by atoms with Crippen LogP contribution in [-0.4, -0.2) is 94.6 Å². The number of aliphatic hydroxyl groups is 1. The molecular weight excluding hydrogens is 584 g/mol. The first-order chi connectivity index (χ1) is 21.5. The number of nitrogens with zero attached hydrogens (tertiary/aromatic N) is 1. The summed E-state index contributed by atoms with van der Waals surface area (Å²) in [6, 6.07) is 4.57. The van der Waals surface area contributed by atoms with Gasteiger partial charge in [-0.3, -0.25) is 19.3 Å². The van der Waals surface area contributed by atoms with Gasteiger partial charge in [0.05, 0.1) is 48.2 Å². The molecule has 8 atom stereocenters. The second-order valence-electron chi connectivity index (χ2n) is 13.1. The van der Waals surface area contributed by atoms with Crippen molar-refractivity contribution >= 4 is 17.5 Å². The van der Waals surface area contributed by atoms with E-state index in [1.54, 1.807) is 13.2 Å². The summed E-state index contributed by atoms with van der Waals surface area (Å²) in [6.07, 6.45) is 0.606. The molecule has 2 aliphatic heterocycles. The summed E-state index contributed by atoms with van der Waals surface area (Å²) in [4.78, 5) is 42.5. The molecule has 2 heterocycles. The van der Waals surface area contributed by atoms with Crippen molar-refractivity contribution in [3.8, 4) is 17.2 Å². The second kappa shape index (κ2) is 10.8. The van der Waals surface area contributed by atoms with E-state index in [1.807, 2.05) is 0 Å². The lowest BCUT2D eigenvalue weighted by atomic mass is 9.72. The van der Waals surface area contributed by atoms with Gasteiger partial charge in [0.15, 0.2) is 5.78 Å². The number of primary amides is 1. The number of amides is 1. The van der Waals surface area contributed by atoms with Crippen molar-refractivity contribution in [3.63, 3.8) is 0 Å². The van der Waals surface area contributed by atoms with E-state index < -0.39 is 52.7 Å². The largest absolute Gasteiger partial charge is 0.507 e. The highest BCUT2D eigenvalue weighted by molar-refractivity contribution is 6.31. The zero-order valence-corrected chi connectivity index (χ0v) is 25.4. The summed E-state index contributed by atoms with van der Waals surface area (Å²) in [5.74, 6) is -3.29. The topological polar surface area (TPSA) is 178 Å². The zero-order valence-electron chi connectivity index (χ0n) is 25.4. The number of ketones is 2. The third-order valence-corrected chi connectivity index (χ3v) is 10.5. The van der Waals surface area contributed by atoms with Crippen molar-refractivity contribution in [1.82, 2.24) is 4.90 Å². The lowest BCUT2D eigenvalue weighted by molar-refractivity contribution is -0.148. The Kier molecular flexibility index (Phi) is 7.21. The van der Waals surface area contributed by atoms with Gasteiger partial charge in [0.2, 0.25) is 11.7 Å². The molecule has 2 aromatic rings. The van der Waals surface area contributed by atoms with Gasteiger partial charge in [0, 0.05) is 49.2 Å². The molecule has 0 radical (unpaired) electrons. The Balaban J connectivity index is 1.29. The fourth-order valence-corrected chi connectivity index (χ4v) is 8.42. The van der Waals surface area contributed by atoms with Crippen LogP contribution < -0.4 is 10.5 Å². The van der Waals surface area contributed by atoms with Crippen LogP contribution in [0.25, 0.3) is 0 Å². The van der Waals surface area contributed by atoms with Gasteiger partial charge in [-0.1, -0.05) is 19.1 Å². The van der Waals surface area contributed by atoms with Crippen LogP contribution in [0.2, 0.25) is 0 Å². The van der Waals surface area contributed by atoms with E-state index >= 15 is 0 Å². The maximum absolute atomic E-state index is 13.9. The lowest BCUT2D eigenvalue weighted by Crippen LogP contribution is -2.52. The zero-order chi connectivity index (χ0) is 31.9. The highest BCUT2D eigenvalue weighted by Gasteiger charge is 2.54. The molecule has 2 saturated heterocycles. The maximum atomic E-state index is 13.9. The van der Waals surface area contributed by atoms with Gasteiger partial charge in [-0.2, -0.15) is 0 Å². The number of carbonyl (C=O) groups excluding carboxylic acids is 3. The minimum absolute atomic E-state index is 0.00605. The number of hydrogen-bond acceptors (Lipinski definition) is 11. The summed E-state index contributed by atoms with van der Waals surface area (Å²) in [6.45, 7) is 2.96. The van der Waals surface area contributed by atoms with Gasteiger partial charge in [-0.15, -0.1) is 0 Å². The molecule has 0 aromatic heterocycles. The molecule has 1 amide bonds. The van der Waals surface area contributed by atoms with Crippen molar-refractivity contribution in [1.29, 1.82) is 0 Å². The molecular formula is C33H38N2O10. The van der Waals surface area contributed by atoms with E-state index in [0.717, 1.165) is 19.4 Å². The summed E-state index contributed by atoms with van der Waals surface area (Å²) in [7, 11) is 3.07. The normalized spacial score (nSPS) is 33.9. The smallest absolute Gasteiger partial charge is 0.249 e. The van der Waals surface area contributed by atoms with E-state index in [1.165, 1.54) is 19.2 Å². The Hall–Kier alpha value is -3.55. The molecule has 3 aliphatic carbocycles. The van der Waals surface area contributed by atoms with E-state index in [4.69, 9.17) is 24.7 Å². The number of fused-ring (bicyclic) bond motifs is 6. The van der Waals surface area contributed by atoms with Crippen molar-refractivity contribution in [2.24, 2.45) is 11.7 Å². The molecule has 0 spiro atoms. The summed E-state index contributed by atoms with van der Waals surface area (Å²) in [5, 5.41) is 34.7. The molecule has 3 fully saturated rings. The number of ether oxygens (including phenoxy) is 4. The molecule has 7 rings (SSSR count). The van der Waals surface area contributed by atoms with E-state index in [0.29, 0.717) is 12.8 Å². The van der Waals surface area contributed by atoms with Crippen LogP contribution >= 0.6 is 0 Å². The number of phenols is 2. The van der Waals surface area contributed by atoms with Crippen LogP contribution in [0.1, 0.15) is 88.1 Å². The molecule has 1 saturated carbocycles. The van der Waals surface area contributed by atoms with Gasteiger partial charge >= 0.3 is 0 Å². The van der Waals surface area contributed by atoms with Crippen LogP contribution in [0.5, 0.6) is 17.2 Å². The second-order valence-corrected chi connectivity index (χ2v) is 13.1. The minimum Gasteiger partial charge on any atom is -0.507 e. The Morgan fingerprint density at radius 1 is 1.09 bits per heavy atom. The third kappa shape index (κ3) is 4.41. The average Bonchev–Trinajstić information content (AvgIpc) is 3.40. The van der Waals surface area contributed by atoms with E-state index in [-0.39, 0.29) is 76.5 Å². The molecule has 45 heavy (non-hydrogen) atoms. The third-order valence-electron chi connectivity index (χ3n) is 10.5. The monoisotopic (exact) mass is 622 g/mol. The quantitative estimate of drug-likeness (QED) is 0.306. The van der Waals surface area contributed by atoms with Crippen LogP contribution in [0.4, 0.5) is 0 Å². The molecule has 5 aliphatic rings. The Bertz CT molecular complexity index is 1610. The standard InChI is InChI=1S/C33H38N2O10/c1-14-10-15(11-18-30(14)45-31-20(43-3)8-5-9-35(18)31)44-21-13-33(41,32(34)40)12-17-23(21)29(39)25-24(27(17)37)26(36)16-6-4-7-19(42-2)22(16)28(25)38/h4,6-7,14-15,18,20-21,30-31,37,39,41H,5,8-13H2,1-3H3,(H2,34,40)/t14-,15?,18+,20+,21+,30-,31-,33?/m1/s1. The number of carbonyl (C=O) groups is 3. The number of phenolic OH excluding ortho intramolecular Hbond substituents is 2. The first kappa shape index (κ1) is 30.1. The molecule has 0 bridgehead atoms. The number of nitrogens with two attached hydrogens (primary N) is 1. The van der Waals surface area contributed by atoms with Crippen molar-refractivity contribution < 1.29 is 48.7 Å². The van der Waals surface area contributed by atoms with Gasteiger partial charge in [-0.25, -0.2) is 0 Å². The Labute approximate surface area is 260 Å². The van der Waals surface area contributed by atoms with Crippen LogP contribution in [0.15, 0.2) is 18.2 Å². The van der Waals surface area contributed by atoms with Gasteiger partial charge in [-0.05, 0) is 37.7 Å². The first-order valence-electron chi connectivity index (χ1n) is 15.5. The van der Waals surface area contributed by atoms with E-state index in [9.17, 15) is 29.7 Å². The number of benzene rings is 2. The predicted octanol–water partition coefficient (Wildman–Crippen LogP) is 2.10. The molecule has 2 unspecified atom stereocenters. The molecule has 2 aromatic carbocycles. The van der Waals surface area contributed by atoms with Gasteiger partial charge < -0.3 is 40.0 Å². The SMILES string of the molecule is COc1cccc2c1C(=O)c1c(O)c3c(c(O)c1C2=O)CC(O)(C(N)=O)C[C@@H]3OC1C[C@@H](C)[C@H]2O[C@@H]3[C@@H](OC)CCCN3[C@H]2C1. The summed E-state index contributed by atoms with van der Waals surface area (Å²) >= 11 is 0. The van der Waals surface area contributed by atoms with Crippen molar-refractivity contribution in [2.45, 2.75) is 87.7 Å². The number of piperidine rings is 1. The van der Waals surface area contributed by atoms with E-state index in [2.05, 4.69) is 11.8 Å². The highest BCUT2D eigenvalue weighted by Crippen LogP contribution is 2.53. The van der Waals surface area contributed by atoms with Crippen LogP contribution in [0, 0.1) is 5.92 Å². The van der Waals surface area contributed by atoms with Crippen LogP contribution in [-0.2, 0) is 25.4 Å². The lowest BCUT2D eigenvalue weighted by Gasteiger charge is -2.43. The summed E-state index contributed by atoms with van der Waals surface area (Å²) in [5.41, 5.74) is 2.75. The fourth-order valence-electron chi connectivity index (χ4n) is 8.42. The van der Waals surface area contributed by atoms with Gasteiger partial charge in [0.25, 0.3) is 0 Å². The highest BCUT2D eigenvalue weighted by atomic mass is 16.6. The minimum atomic E-state index is -2.14. The fraction of sp³-hybridized carbons (Fsp3) is 0.545. The predicted molar refractivity (Wildman–Crippen MR) is 157 cm³/mol. The first-order valence-corrected chi connectivity index (χ1v) is 15.5. The van der Waals surface area contributed by atoms with Crippen molar-refractivity contribution in [2.75, 3.05) is 20.8 Å². The molecule has 12 heteroatoms. The number of rotatable bonds is 5. The molecule has 240 valence electrons. The maximum Gasteiger partial charge on any atom is 0.249 e. The van der Waals surface area contributed by atoms with Crippen molar-refractivity contribution in [3.05, 3.63) is 51.6 Å². The number of hydrogen-bond donors (Lipinski definition) is 4. The molecule has 12 nitrogen and oxygen atoms in total. The molecule has 5 N–H and O–H groups in total. The Morgan fingerprint density at radius 2 is 1.84 bits per heavy atom. The van der Waals surface area contributed by atoms with Crippen LogP contribution in [0.3, 0.4) is 0 Å². The Morgan fingerprint density at radius 3 is 2.56 bits per heavy atom. The number of methoxy groups -OCH3 is 2. The van der Waals surface area contributed by atoms with Gasteiger partial charge in [0.1, 0.15) is 29.1 Å². The summed E-state index contributed by atoms with van der Waals surface area (Å²) < 4.78 is 24.2.